The van der Waals surface area contributed by atoms with E-state index in [-0.39, 0.29) is 25.1 Å². The van der Waals surface area contributed by atoms with Crippen molar-refractivity contribution >= 4 is 15.9 Å². The van der Waals surface area contributed by atoms with Gasteiger partial charge in [0.15, 0.2) is 0 Å². The van der Waals surface area contributed by atoms with Gasteiger partial charge in [0.05, 0.1) is 6.26 Å². The van der Waals surface area contributed by atoms with Gasteiger partial charge < -0.3 is 10.1 Å². The number of hydrogen-bond donors (Lipinski definition) is 2. The molecular formula is C8H16N2O4S. The van der Waals surface area contributed by atoms with E-state index in [9.17, 15) is 13.2 Å². The van der Waals surface area contributed by atoms with Gasteiger partial charge in [-0.05, 0) is 12.8 Å². The lowest BCUT2D eigenvalue weighted by atomic mass is 10.2. The van der Waals surface area contributed by atoms with Crippen molar-refractivity contribution in [2.75, 3.05) is 26.0 Å². The summed E-state index contributed by atoms with van der Waals surface area (Å²) in [6.45, 7) is 1.11. The number of sulfonamides is 1. The van der Waals surface area contributed by atoms with Crippen LogP contribution in [0, 0.1) is 0 Å². The summed E-state index contributed by atoms with van der Waals surface area (Å²) >= 11 is 0. The molecule has 0 radical (unpaired) electrons. The van der Waals surface area contributed by atoms with E-state index in [0.717, 1.165) is 19.1 Å². The van der Waals surface area contributed by atoms with Gasteiger partial charge in [0.2, 0.25) is 15.9 Å². The lowest BCUT2D eigenvalue weighted by Gasteiger charge is -2.10. The third-order valence-corrected chi connectivity index (χ3v) is 2.74. The van der Waals surface area contributed by atoms with Crippen molar-refractivity contribution in [2.24, 2.45) is 0 Å². The number of carbonyl (C=O) groups excluding carboxylic acids is 1. The molecule has 6 nitrogen and oxygen atoms in total. The second-order valence-corrected chi connectivity index (χ2v) is 5.29. The molecule has 1 unspecified atom stereocenters. The molecule has 88 valence electrons. The van der Waals surface area contributed by atoms with E-state index in [1.165, 1.54) is 0 Å². The fourth-order valence-electron chi connectivity index (χ4n) is 1.32. The van der Waals surface area contributed by atoms with Crippen LogP contribution >= 0.6 is 0 Å². The maximum atomic E-state index is 11.4. The van der Waals surface area contributed by atoms with E-state index in [2.05, 4.69) is 10.0 Å². The Morgan fingerprint density at radius 1 is 1.47 bits per heavy atom. The molecule has 1 rings (SSSR count). The smallest absolute Gasteiger partial charge is 0.249 e. The molecule has 0 aromatic carbocycles. The largest absolute Gasteiger partial charge is 0.368 e. The average molecular weight is 236 g/mol. The number of ether oxygens (including phenoxy) is 1. The van der Waals surface area contributed by atoms with Crippen LogP contribution in [0.25, 0.3) is 0 Å². The molecule has 0 aromatic heterocycles. The molecule has 15 heavy (non-hydrogen) atoms. The van der Waals surface area contributed by atoms with Gasteiger partial charge >= 0.3 is 0 Å². The second kappa shape index (κ2) is 5.43. The summed E-state index contributed by atoms with van der Waals surface area (Å²) < 4.78 is 28.8. The van der Waals surface area contributed by atoms with Gasteiger partial charge in [-0.3, -0.25) is 4.79 Å². The van der Waals surface area contributed by atoms with Crippen LogP contribution in [0.4, 0.5) is 0 Å². The molecule has 7 heteroatoms. The first kappa shape index (κ1) is 12.4. The standard InChI is InChI=1S/C8H16N2O4S/c1-15(12,13)10-5-4-9-8(11)7-3-2-6-14-7/h7,10H,2-6H2,1H3,(H,9,11). The van der Waals surface area contributed by atoms with E-state index < -0.39 is 10.0 Å². The molecule has 1 heterocycles. The van der Waals surface area contributed by atoms with Gasteiger partial charge in [-0.15, -0.1) is 0 Å². The van der Waals surface area contributed by atoms with Crippen LogP contribution in [0.15, 0.2) is 0 Å². The molecule has 1 aliphatic rings. The molecule has 1 atom stereocenters. The summed E-state index contributed by atoms with van der Waals surface area (Å²) in [6, 6.07) is 0. The van der Waals surface area contributed by atoms with Crippen molar-refractivity contribution in [2.45, 2.75) is 18.9 Å². The van der Waals surface area contributed by atoms with Gasteiger partial charge in [-0.25, -0.2) is 13.1 Å². The average Bonchev–Trinajstić information content (AvgIpc) is 2.63. The first-order valence-electron chi connectivity index (χ1n) is 4.83. The monoisotopic (exact) mass is 236 g/mol. The molecule has 0 spiro atoms. The quantitative estimate of drug-likeness (QED) is 0.589. The van der Waals surface area contributed by atoms with Crippen LogP contribution in [0.5, 0.6) is 0 Å². The predicted molar refractivity (Wildman–Crippen MR) is 54.8 cm³/mol. The lowest BCUT2D eigenvalue weighted by molar-refractivity contribution is -0.129. The zero-order valence-corrected chi connectivity index (χ0v) is 9.47. The highest BCUT2D eigenvalue weighted by atomic mass is 32.2. The van der Waals surface area contributed by atoms with Crippen molar-refractivity contribution in [1.82, 2.24) is 10.0 Å². The number of nitrogens with one attached hydrogen (secondary N) is 2. The normalized spacial score (nSPS) is 21.5. The number of carbonyl (C=O) groups is 1. The fourth-order valence-corrected chi connectivity index (χ4v) is 1.79. The van der Waals surface area contributed by atoms with Crippen molar-refractivity contribution in [3.63, 3.8) is 0 Å². The minimum absolute atomic E-state index is 0.164. The summed E-state index contributed by atoms with van der Waals surface area (Å²) in [5.74, 6) is -0.164. The molecular weight excluding hydrogens is 220 g/mol. The molecule has 1 amide bonds. The molecule has 2 N–H and O–H groups in total. The van der Waals surface area contributed by atoms with Crippen LogP contribution in [0.2, 0.25) is 0 Å². The molecule has 0 aliphatic carbocycles. The Morgan fingerprint density at radius 2 is 2.20 bits per heavy atom. The maximum absolute atomic E-state index is 11.4. The molecule has 1 aliphatic heterocycles. The Bertz CT molecular complexity index is 309. The summed E-state index contributed by atoms with van der Waals surface area (Å²) in [5, 5.41) is 2.61. The molecule has 0 aromatic rings. The first-order valence-corrected chi connectivity index (χ1v) is 6.72. The zero-order chi connectivity index (χ0) is 11.3. The minimum atomic E-state index is -3.17. The second-order valence-electron chi connectivity index (χ2n) is 3.46. The molecule has 0 bridgehead atoms. The van der Waals surface area contributed by atoms with E-state index in [1.807, 2.05) is 0 Å². The molecule has 0 saturated carbocycles. The van der Waals surface area contributed by atoms with Gasteiger partial charge in [0, 0.05) is 19.7 Å². The third kappa shape index (κ3) is 5.10. The highest BCUT2D eigenvalue weighted by Crippen LogP contribution is 2.11. The Kier molecular flexibility index (Phi) is 4.49. The lowest BCUT2D eigenvalue weighted by Crippen LogP contribution is -2.39. The van der Waals surface area contributed by atoms with E-state index >= 15 is 0 Å². The fraction of sp³-hybridized carbons (Fsp3) is 0.875. The Labute approximate surface area is 89.4 Å². The Balaban J connectivity index is 2.12. The number of amides is 1. The van der Waals surface area contributed by atoms with Crippen LogP contribution in [0.3, 0.4) is 0 Å². The molecule has 1 saturated heterocycles. The minimum Gasteiger partial charge on any atom is -0.368 e. The van der Waals surface area contributed by atoms with E-state index in [1.54, 1.807) is 0 Å². The van der Waals surface area contributed by atoms with Crippen molar-refractivity contribution < 1.29 is 17.9 Å². The van der Waals surface area contributed by atoms with Crippen LogP contribution < -0.4 is 10.0 Å². The highest BCUT2D eigenvalue weighted by molar-refractivity contribution is 7.88. The van der Waals surface area contributed by atoms with Crippen molar-refractivity contribution in [1.29, 1.82) is 0 Å². The van der Waals surface area contributed by atoms with Gasteiger partial charge in [-0.1, -0.05) is 0 Å². The van der Waals surface area contributed by atoms with Crippen molar-refractivity contribution in [3.05, 3.63) is 0 Å². The van der Waals surface area contributed by atoms with Gasteiger partial charge in [0.25, 0.3) is 0 Å². The first-order chi connectivity index (χ1) is 6.99. The zero-order valence-electron chi connectivity index (χ0n) is 8.65. The number of hydrogen-bond acceptors (Lipinski definition) is 4. The SMILES string of the molecule is CS(=O)(=O)NCCNC(=O)C1CCCO1. The predicted octanol–water partition coefficient (Wildman–Crippen LogP) is -1.17. The Morgan fingerprint density at radius 3 is 2.73 bits per heavy atom. The van der Waals surface area contributed by atoms with Gasteiger partial charge in [-0.2, -0.15) is 0 Å². The third-order valence-electron chi connectivity index (χ3n) is 2.01. The topological polar surface area (TPSA) is 84.5 Å². The van der Waals surface area contributed by atoms with E-state index in [0.29, 0.717) is 6.61 Å². The Hall–Kier alpha value is -0.660. The van der Waals surface area contributed by atoms with Crippen molar-refractivity contribution in [3.8, 4) is 0 Å². The highest BCUT2D eigenvalue weighted by Gasteiger charge is 2.22. The number of rotatable bonds is 5. The van der Waals surface area contributed by atoms with Crippen LogP contribution in [-0.4, -0.2) is 46.4 Å². The maximum Gasteiger partial charge on any atom is 0.249 e. The van der Waals surface area contributed by atoms with Crippen LogP contribution in [-0.2, 0) is 19.6 Å². The summed E-state index contributed by atoms with van der Waals surface area (Å²) in [5.41, 5.74) is 0. The molecule has 1 fully saturated rings. The summed E-state index contributed by atoms with van der Waals surface area (Å²) in [6.07, 6.45) is 2.36. The van der Waals surface area contributed by atoms with Gasteiger partial charge in [0.1, 0.15) is 6.10 Å². The van der Waals surface area contributed by atoms with Crippen LogP contribution in [0.1, 0.15) is 12.8 Å². The van der Waals surface area contributed by atoms with E-state index in [4.69, 9.17) is 4.74 Å². The summed E-state index contributed by atoms with van der Waals surface area (Å²) in [4.78, 5) is 11.4. The summed E-state index contributed by atoms with van der Waals surface area (Å²) in [7, 11) is -3.17.